The number of hydrogen-bond acceptors (Lipinski definition) is 8. The average molecular weight is 408 g/mol. The van der Waals surface area contributed by atoms with Gasteiger partial charge in [-0.25, -0.2) is 4.98 Å². The molecule has 0 saturated heterocycles. The van der Waals surface area contributed by atoms with Gasteiger partial charge in [0.05, 0.1) is 7.11 Å². The van der Waals surface area contributed by atoms with Crippen molar-refractivity contribution in [3.8, 4) is 11.5 Å². The number of ether oxygens (including phenoxy) is 2. The van der Waals surface area contributed by atoms with Crippen LogP contribution in [0.4, 0.5) is 17.5 Å². The SMILES string of the molecule is COc1ccccc1OCC(=O)NCCNc1ccc(Nc2cc(C)ccn2)nn1. The molecule has 0 fully saturated rings. The summed E-state index contributed by atoms with van der Waals surface area (Å²) in [6.45, 7) is 2.83. The van der Waals surface area contributed by atoms with E-state index in [-0.39, 0.29) is 12.5 Å². The van der Waals surface area contributed by atoms with Crippen LogP contribution in [0.25, 0.3) is 0 Å². The van der Waals surface area contributed by atoms with Crippen molar-refractivity contribution in [3.05, 3.63) is 60.3 Å². The summed E-state index contributed by atoms with van der Waals surface area (Å²) in [7, 11) is 1.55. The van der Waals surface area contributed by atoms with Crippen LogP contribution in [0, 0.1) is 6.92 Å². The molecule has 9 heteroatoms. The van der Waals surface area contributed by atoms with E-state index in [0.29, 0.717) is 42.0 Å². The normalized spacial score (nSPS) is 10.2. The maximum Gasteiger partial charge on any atom is 0.258 e. The Morgan fingerprint density at radius 2 is 1.73 bits per heavy atom. The third-order valence-corrected chi connectivity index (χ3v) is 4.02. The van der Waals surface area contributed by atoms with Crippen molar-refractivity contribution >= 4 is 23.4 Å². The van der Waals surface area contributed by atoms with E-state index in [1.807, 2.05) is 31.2 Å². The van der Waals surface area contributed by atoms with Crippen LogP contribution in [0.1, 0.15) is 5.56 Å². The molecule has 0 radical (unpaired) electrons. The van der Waals surface area contributed by atoms with Crippen LogP contribution in [-0.2, 0) is 4.79 Å². The van der Waals surface area contributed by atoms with Gasteiger partial charge in [-0.1, -0.05) is 12.1 Å². The van der Waals surface area contributed by atoms with Crippen LogP contribution in [0.3, 0.4) is 0 Å². The first kappa shape index (κ1) is 20.8. The van der Waals surface area contributed by atoms with E-state index in [1.165, 1.54) is 0 Å². The Kier molecular flexibility index (Phi) is 7.37. The van der Waals surface area contributed by atoms with Gasteiger partial charge in [-0.2, -0.15) is 0 Å². The number of benzene rings is 1. The fourth-order valence-electron chi connectivity index (χ4n) is 2.55. The van der Waals surface area contributed by atoms with Crippen LogP contribution in [0.15, 0.2) is 54.7 Å². The molecule has 156 valence electrons. The lowest BCUT2D eigenvalue weighted by Crippen LogP contribution is -2.32. The standard InChI is InChI=1S/C21H24N6O3/c1-15-9-10-22-20(13-15)25-19-8-7-18(26-27-19)23-11-12-24-21(28)14-30-17-6-4-3-5-16(17)29-2/h3-10,13H,11-12,14H2,1-2H3,(H,23,26)(H,24,28)(H,22,25,27). The van der Waals surface area contributed by atoms with Crippen molar-refractivity contribution in [1.82, 2.24) is 20.5 Å². The number of nitrogens with one attached hydrogen (secondary N) is 3. The predicted molar refractivity (Wildman–Crippen MR) is 114 cm³/mol. The molecule has 0 bridgehead atoms. The van der Waals surface area contributed by atoms with Crippen LogP contribution in [-0.4, -0.2) is 47.9 Å². The summed E-state index contributed by atoms with van der Waals surface area (Å²) < 4.78 is 10.7. The highest BCUT2D eigenvalue weighted by atomic mass is 16.5. The molecular formula is C21H24N6O3. The van der Waals surface area contributed by atoms with Gasteiger partial charge in [0.1, 0.15) is 11.6 Å². The molecule has 2 aromatic heterocycles. The minimum absolute atomic E-state index is 0.0897. The zero-order chi connectivity index (χ0) is 21.2. The number of pyridine rings is 1. The zero-order valence-corrected chi connectivity index (χ0v) is 16.9. The quantitative estimate of drug-likeness (QED) is 0.439. The Morgan fingerprint density at radius 1 is 0.967 bits per heavy atom. The molecule has 3 aromatic rings. The second kappa shape index (κ2) is 10.6. The summed E-state index contributed by atoms with van der Waals surface area (Å²) in [6, 6.07) is 14.6. The van der Waals surface area contributed by atoms with E-state index < -0.39 is 0 Å². The smallest absolute Gasteiger partial charge is 0.258 e. The number of rotatable bonds is 10. The number of methoxy groups -OCH3 is 1. The number of para-hydroxylation sites is 2. The van der Waals surface area contributed by atoms with Gasteiger partial charge in [0, 0.05) is 19.3 Å². The van der Waals surface area contributed by atoms with Crippen molar-refractivity contribution < 1.29 is 14.3 Å². The fourth-order valence-corrected chi connectivity index (χ4v) is 2.55. The zero-order valence-electron chi connectivity index (χ0n) is 16.9. The fraction of sp³-hybridized carbons (Fsp3) is 0.238. The van der Waals surface area contributed by atoms with Crippen LogP contribution in [0.2, 0.25) is 0 Å². The minimum atomic E-state index is -0.223. The van der Waals surface area contributed by atoms with Gasteiger partial charge < -0.3 is 25.4 Å². The molecule has 2 heterocycles. The number of anilines is 3. The van der Waals surface area contributed by atoms with E-state index in [2.05, 4.69) is 31.1 Å². The van der Waals surface area contributed by atoms with Crippen molar-refractivity contribution in [2.24, 2.45) is 0 Å². The first-order valence-electron chi connectivity index (χ1n) is 9.44. The van der Waals surface area contributed by atoms with Gasteiger partial charge in [0.15, 0.2) is 23.9 Å². The summed E-state index contributed by atoms with van der Waals surface area (Å²) >= 11 is 0. The molecule has 0 aliphatic heterocycles. The average Bonchev–Trinajstić information content (AvgIpc) is 2.76. The van der Waals surface area contributed by atoms with Crippen molar-refractivity contribution in [3.63, 3.8) is 0 Å². The van der Waals surface area contributed by atoms with Gasteiger partial charge in [-0.15, -0.1) is 10.2 Å². The second-order valence-corrected chi connectivity index (χ2v) is 6.36. The molecule has 0 atom stereocenters. The van der Waals surface area contributed by atoms with E-state index in [1.54, 1.807) is 37.6 Å². The highest BCUT2D eigenvalue weighted by Crippen LogP contribution is 2.25. The first-order chi connectivity index (χ1) is 14.6. The molecule has 0 unspecified atom stereocenters. The largest absolute Gasteiger partial charge is 0.493 e. The summed E-state index contributed by atoms with van der Waals surface area (Å²) in [5.41, 5.74) is 1.11. The van der Waals surface area contributed by atoms with E-state index >= 15 is 0 Å². The molecule has 9 nitrogen and oxygen atoms in total. The van der Waals surface area contributed by atoms with Crippen molar-refractivity contribution in [2.75, 3.05) is 37.4 Å². The van der Waals surface area contributed by atoms with Crippen LogP contribution < -0.4 is 25.4 Å². The highest BCUT2D eigenvalue weighted by Gasteiger charge is 2.06. The number of carbonyl (C=O) groups excluding carboxylic acids is 1. The Hall–Kier alpha value is -3.88. The van der Waals surface area contributed by atoms with Crippen molar-refractivity contribution in [1.29, 1.82) is 0 Å². The lowest BCUT2D eigenvalue weighted by atomic mass is 10.3. The summed E-state index contributed by atoms with van der Waals surface area (Å²) in [4.78, 5) is 16.1. The number of aryl methyl sites for hydroxylation is 1. The number of nitrogens with zero attached hydrogens (tertiary/aromatic N) is 3. The molecular weight excluding hydrogens is 384 g/mol. The van der Waals surface area contributed by atoms with Gasteiger partial charge in [-0.3, -0.25) is 4.79 Å². The molecule has 0 aliphatic carbocycles. The van der Waals surface area contributed by atoms with Gasteiger partial charge in [0.25, 0.3) is 5.91 Å². The molecule has 1 amide bonds. The molecule has 1 aromatic carbocycles. The summed E-state index contributed by atoms with van der Waals surface area (Å²) in [6.07, 6.45) is 1.73. The molecule has 3 rings (SSSR count). The topological polar surface area (TPSA) is 110 Å². The van der Waals surface area contributed by atoms with Crippen molar-refractivity contribution in [2.45, 2.75) is 6.92 Å². The third kappa shape index (κ3) is 6.33. The van der Waals surface area contributed by atoms with E-state index in [4.69, 9.17) is 9.47 Å². The van der Waals surface area contributed by atoms with E-state index in [9.17, 15) is 4.79 Å². The van der Waals surface area contributed by atoms with Crippen LogP contribution >= 0.6 is 0 Å². The number of amides is 1. The minimum Gasteiger partial charge on any atom is -0.493 e. The first-order valence-corrected chi connectivity index (χ1v) is 9.44. The second-order valence-electron chi connectivity index (χ2n) is 6.36. The van der Waals surface area contributed by atoms with E-state index in [0.717, 1.165) is 5.56 Å². The Labute approximate surface area is 174 Å². The molecule has 0 spiro atoms. The monoisotopic (exact) mass is 408 g/mol. The molecule has 3 N–H and O–H groups in total. The highest BCUT2D eigenvalue weighted by molar-refractivity contribution is 5.77. The summed E-state index contributed by atoms with van der Waals surface area (Å²) in [5.74, 6) is 2.81. The Bertz CT molecular complexity index is 965. The molecule has 0 saturated carbocycles. The van der Waals surface area contributed by atoms with Crippen LogP contribution in [0.5, 0.6) is 11.5 Å². The third-order valence-electron chi connectivity index (χ3n) is 4.02. The lowest BCUT2D eigenvalue weighted by molar-refractivity contribution is -0.123. The number of hydrogen-bond donors (Lipinski definition) is 3. The maximum absolute atomic E-state index is 11.9. The Morgan fingerprint density at radius 3 is 2.47 bits per heavy atom. The molecule has 0 aliphatic rings. The maximum atomic E-state index is 11.9. The predicted octanol–water partition coefficient (Wildman–Crippen LogP) is 2.54. The number of aromatic nitrogens is 3. The van der Waals surface area contributed by atoms with Gasteiger partial charge in [0.2, 0.25) is 0 Å². The van der Waals surface area contributed by atoms with Gasteiger partial charge >= 0.3 is 0 Å². The van der Waals surface area contributed by atoms with Gasteiger partial charge in [-0.05, 0) is 48.9 Å². The summed E-state index contributed by atoms with van der Waals surface area (Å²) in [5, 5.41) is 17.2. The molecule has 30 heavy (non-hydrogen) atoms. The lowest BCUT2D eigenvalue weighted by Gasteiger charge is -2.11. The Balaban J connectivity index is 1.36. The number of carbonyl (C=O) groups is 1.